The van der Waals surface area contributed by atoms with Crippen LogP contribution in [0.2, 0.25) is 0 Å². The molecule has 6 nitrogen and oxygen atoms in total. The normalized spacial score (nSPS) is 18.3. The van der Waals surface area contributed by atoms with E-state index in [-0.39, 0.29) is 17.6 Å². The number of ether oxygens (including phenoxy) is 2. The Morgan fingerprint density at radius 2 is 2.19 bits per heavy atom. The van der Waals surface area contributed by atoms with Crippen LogP contribution in [0.1, 0.15) is 50.6 Å². The molecule has 27 heavy (non-hydrogen) atoms. The van der Waals surface area contributed by atoms with Crippen molar-refractivity contribution < 1.29 is 23.5 Å². The first-order valence-corrected chi connectivity index (χ1v) is 9.30. The molecule has 0 saturated carbocycles. The third-order valence-electron chi connectivity index (χ3n) is 5.28. The Bertz CT molecular complexity index is 898. The minimum absolute atomic E-state index is 0.00197. The largest absolute Gasteiger partial charge is 0.497 e. The van der Waals surface area contributed by atoms with Crippen LogP contribution in [-0.2, 0) is 12.8 Å². The molecule has 0 fully saturated rings. The van der Waals surface area contributed by atoms with Gasteiger partial charge in [0.1, 0.15) is 23.0 Å². The van der Waals surface area contributed by atoms with E-state index in [2.05, 4.69) is 5.32 Å². The van der Waals surface area contributed by atoms with Crippen LogP contribution in [0, 0.1) is 12.8 Å². The molecule has 142 valence electrons. The average molecular weight is 369 g/mol. The number of nitrogens with one attached hydrogen (secondary N) is 1. The molecule has 0 spiro atoms. The fourth-order valence-corrected chi connectivity index (χ4v) is 3.88. The second-order valence-corrected chi connectivity index (χ2v) is 7.17. The number of Topliss-reactive ketones (excluding diaryl/α,β-unsaturated/α-hetero) is 1. The lowest BCUT2D eigenvalue weighted by Gasteiger charge is -2.25. The molecular weight excluding hydrogens is 346 g/mol. The van der Waals surface area contributed by atoms with Gasteiger partial charge in [-0.3, -0.25) is 9.59 Å². The fraction of sp³-hybridized carbons (Fsp3) is 0.429. The maximum atomic E-state index is 12.7. The number of fused-ring (bicyclic) bond motifs is 2. The van der Waals surface area contributed by atoms with Gasteiger partial charge in [0, 0.05) is 31.4 Å². The van der Waals surface area contributed by atoms with Crippen molar-refractivity contribution >= 4 is 11.7 Å². The Kier molecular flexibility index (Phi) is 4.64. The van der Waals surface area contributed by atoms with Crippen molar-refractivity contribution in [2.45, 2.75) is 32.6 Å². The molecule has 2 aliphatic rings. The minimum Gasteiger partial charge on any atom is -0.497 e. The molecule has 0 unspecified atom stereocenters. The summed E-state index contributed by atoms with van der Waals surface area (Å²) >= 11 is 0. The van der Waals surface area contributed by atoms with E-state index in [0.717, 1.165) is 29.9 Å². The van der Waals surface area contributed by atoms with E-state index in [9.17, 15) is 9.59 Å². The zero-order valence-electron chi connectivity index (χ0n) is 15.6. The molecule has 4 rings (SSSR count). The van der Waals surface area contributed by atoms with Gasteiger partial charge < -0.3 is 19.2 Å². The lowest BCUT2D eigenvalue weighted by atomic mass is 9.93. The topological polar surface area (TPSA) is 77.8 Å². The third-order valence-corrected chi connectivity index (χ3v) is 5.28. The van der Waals surface area contributed by atoms with E-state index >= 15 is 0 Å². The van der Waals surface area contributed by atoms with Gasteiger partial charge in [-0.15, -0.1) is 0 Å². The average Bonchev–Trinajstić information content (AvgIpc) is 3.02. The molecule has 1 aromatic heterocycles. The SMILES string of the molecule is COc1ccc2c(c1)OC[C@@H](CNC(=O)c1c(C)oc3c1C(=O)CCC3)C2. The number of furan rings is 1. The highest BCUT2D eigenvalue weighted by Crippen LogP contribution is 2.32. The summed E-state index contributed by atoms with van der Waals surface area (Å²) in [7, 11) is 1.63. The van der Waals surface area contributed by atoms with Crippen LogP contribution < -0.4 is 14.8 Å². The molecule has 2 heterocycles. The van der Waals surface area contributed by atoms with Gasteiger partial charge in [0.15, 0.2) is 5.78 Å². The third kappa shape index (κ3) is 3.31. The van der Waals surface area contributed by atoms with Crippen molar-refractivity contribution in [3.8, 4) is 11.5 Å². The second kappa shape index (κ2) is 7.10. The van der Waals surface area contributed by atoms with Gasteiger partial charge in [-0.05, 0) is 31.4 Å². The Hall–Kier alpha value is -2.76. The van der Waals surface area contributed by atoms with E-state index in [4.69, 9.17) is 13.9 Å². The van der Waals surface area contributed by atoms with Gasteiger partial charge in [-0.1, -0.05) is 6.07 Å². The van der Waals surface area contributed by atoms with Crippen molar-refractivity contribution in [3.63, 3.8) is 0 Å². The number of hydrogen-bond donors (Lipinski definition) is 1. The smallest absolute Gasteiger partial charge is 0.255 e. The number of rotatable bonds is 4. The summed E-state index contributed by atoms with van der Waals surface area (Å²) in [4.78, 5) is 25.0. The summed E-state index contributed by atoms with van der Waals surface area (Å²) in [5.41, 5.74) is 1.98. The van der Waals surface area contributed by atoms with E-state index < -0.39 is 0 Å². The zero-order chi connectivity index (χ0) is 19.0. The number of hydrogen-bond acceptors (Lipinski definition) is 5. The van der Waals surface area contributed by atoms with Crippen molar-refractivity contribution in [1.29, 1.82) is 0 Å². The van der Waals surface area contributed by atoms with Gasteiger partial charge >= 0.3 is 0 Å². The number of carbonyl (C=O) groups is 2. The molecule has 0 radical (unpaired) electrons. The highest BCUT2D eigenvalue weighted by molar-refractivity contribution is 6.10. The Morgan fingerprint density at radius 1 is 1.33 bits per heavy atom. The lowest BCUT2D eigenvalue weighted by Crippen LogP contribution is -2.35. The molecule has 1 N–H and O–H groups in total. The van der Waals surface area contributed by atoms with Gasteiger partial charge in [0.25, 0.3) is 5.91 Å². The molecule has 0 saturated heterocycles. The number of benzene rings is 1. The van der Waals surface area contributed by atoms with Crippen molar-refractivity contribution in [2.24, 2.45) is 5.92 Å². The monoisotopic (exact) mass is 369 g/mol. The Morgan fingerprint density at radius 3 is 3.00 bits per heavy atom. The second-order valence-electron chi connectivity index (χ2n) is 7.17. The van der Waals surface area contributed by atoms with Gasteiger partial charge in [0.2, 0.25) is 0 Å². The molecule has 6 heteroatoms. The molecule has 1 amide bonds. The predicted octanol–water partition coefficient (Wildman–Crippen LogP) is 3.10. The number of carbonyl (C=O) groups excluding carboxylic acids is 2. The summed E-state index contributed by atoms with van der Waals surface area (Å²) < 4.78 is 16.7. The maximum Gasteiger partial charge on any atom is 0.255 e. The summed E-state index contributed by atoms with van der Waals surface area (Å²) in [6, 6.07) is 5.80. The summed E-state index contributed by atoms with van der Waals surface area (Å²) in [6.45, 7) is 2.76. The minimum atomic E-state index is -0.242. The van der Waals surface area contributed by atoms with Crippen LogP contribution in [0.5, 0.6) is 11.5 Å². The van der Waals surface area contributed by atoms with Gasteiger partial charge in [-0.2, -0.15) is 0 Å². The van der Waals surface area contributed by atoms with Crippen LogP contribution in [0.4, 0.5) is 0 Å². The molecular formula is C21H23NO5. The highest BCUT2D eigenvalue weighted by atomic mass is 16.5. The van der Waals surface area contributed by atoms with Crippen LogP contribution >= 0.6 is 0 Å². The Labute approximate surface area is 157 Å². The number of ketones is 1. The first-order valence-electron chi connectivity index (χ1n) is 9.30. The zero-order valence-corrected chi connectivity index (χ0v) is 15.6. The van der Waals surface area contributed by atoms with Crippen LogP contribution in [-0.4, -0.2) is 32.0 Å². The standard InChI is InChI=1S/C21H23NO5/c1-12-19(20-16(23)4-3-5-17(20)27-12)21(24)22-10-13-8-14-6-7-15(25-2)9-18(14)26-11-13/h6-7,9,13H,3-5,8,10-11H2,1-2H3,(H,22,24)/t13-/m1/s1. The van der Waals surface area contributed by atoms with E-state index in [1.54, 1.807) is 14.0 Å². The first-order chi connectivity index (χ1) is 13.1. The molecule has 1 aromatic carbocycles. The summed E-state index contributed by atoms with van der Waals surface area (Å²) in [5, 5.41) is 2.96. The highest BCUT2D eigenvalue weighted by Gasteiger charge is 2.31. The number of amides is 1. The maximum absolute atomic E-state index is 12.7. The van der Waals surface area contributed by atoms with Crippen LogP contribution in [0.15, 0.2) is 22.6 Å². The molecule has 2 aromatic rings. The first kappa shape index (κ1) is 17.6. The van der Waals surface area contributed by atoms with Crippen molar-refractivity contribution in [2.75, 3.05) is 20.3 Å². The fourth-order valence-electron chi connectivity index (χ4n) is 3.88. The predicted molar refractivity (Wildman–Crippen MR) is 98.7 cm³/mol. The van der Waals surface area contributed by atoms with Crippen molar-refractivity contribution in [1.82, 2.24) is 5.32 Å². The molecule has 1 aliphatic carbocycles. The van der Waals surface area contributed by atoms with E-state index in [0.29, 0.717) is 48.6 Å². The van der Waals surface area contributed by atoms with Crippen LogP contribution in [0.3, 0.4) is 0 Å². The quantitative estimate of drug-likeness (QED) is 0.896. The molecule has 1 aliphatic heterocycles. The number of methoxy groups -OCH3 is 1. The van der Waals surface area contributed by atoms with Crippen LogP contribution in [0.25, 0.3) is 0 Å². The molecule has 1 atom stereocenters. The number of aryl methyl sites for hydroxylation is 2. The lowest BCUT2D eigenvalue weighted by molar-refractivity contribution is 0.0917. The van der Waals surface area contributed by atoms with Gasteiger partial charge in [0.05, 0.1) is 24.8 Å². The summed E-state index contributed by atoms with van der Waals surface area (Å²) in [5.74, 6) is 2.71. The molecule has 0 bridgehead atoms. The van der Waals surface area contributed by atoms with Crippen molar-refractivity contribution in [3.05, 3.63) is 46.4 Å². The summed E-state index contributed by atoms with van der Waals surface area (Å²) in [6.07, 6.45) is 2.79. The Balaban J connectivity index is 1.43. The van der Waals surface area contributed by atoms with E-state index in [1.807, 2.05) is 18.2 Å². The van der Waals surface area contributed by atoms with Gasteiger partial charge in [-0.25, -0.2) is 0 Å². The van der Waals surface area contributed by atoms with E-state index in [1.165, 1.54) is 0 Å².